The quantitative estimate of drug-likeness (QED) is 0.328. The first-order valence-electron chi connectivity index (χ1n) is 2.88. The summed E-state index contributed by atoms with van der Waals surface area (Å²) in [6.45, 7) is 0. The molecule has 0 N–H and O–H groups in total. The van der Waals surface area contributed by atoms with E-state index in [4.69, 9.17) is 0 Å². The summed E-state index contributed by atoms with van der Waals surface area (Å²) in [4.78, 5) is 23.9. The number of alkyl halides is 1. The maximum absolute atomic E-state index is 11.2. The van der Waals surface area contributed by atoms with Crippen molar-refractivity contribution in [2.75, 3.05) is 10.8 Å². The number of hydrogen-bond acceptors (Lipinski definition) is 3. The molecule has 60 valence electrons. The molecule has 3 nitrogen and oxygen atoms in total. The van der Waals surface area contributed by atoms with Crippen LogP contribution in [0.4, 0.5) is 0 Å². The maximum atomic E-state index is 11.2. The van der Waals surface area contributed by atoms with Gasteiger partial charge in [0.2, 0.25) is 0 Å². The van der Waals surface area contributed by atoms with Gasteiger partial charge in [0.25, 0.3) is 11.8 Å². The first kappa shape index (κ1) is 9.05. The molecule has 11 heavy (non-hydrogen) atoms. The highest BCUT2D eigenvalue weighted by atomic mass is 125. The molecule has 1 aliphatic rings. The van der Waals surface area contributed by atoms with Crippen molar-refractivity contribution >= 4 is 46.2 Å². The molecule has 0 aliphatic carbocycles. The Hall–Kier alpha value is -0.0400. The van der Waals surface area contributed by atoms with Crippen LogP contribution in [0.3, 0.4) is 0 Å². The fourth-order valence-electron chi connectivity index (χ4n) is 0.744. The van der Waals surface area contributed by atoms with Gasteiger partial charge in [-0.2, -0.15) is 0 Å². The van der Waals surface area contributed by atoms with Crippen LogP contribution in [0, 0.1) is 0 Å². The van der Waals surface area contributed by atoms with Gasteiger partial charge >= 0.3 is 0 Å². The van der Waals surface area contributed by atoms with Crippen LogP contribution in [0.25, 0.3) is 0 Å². The zero-order chi connectivity index (χ0) is 8.43. The monoisotopic (exact) mass is 281 g/mol. The molecule has 5 heteroatoms. The number of imide groups is 1. The standard InChI is InChI=1S/C6H6INO2S/c1-11-4-2-5(9)8(3-7)6(4)10/h2H,3H2,1H3/i7-2. The number of carbonyl (C=O) groups is 2. The summed E-state index contributed by atoms with van der Waals surface area (Å²) in [5, 5.41) is 0. The molecule has 0 spiro atoms. The highest BCUT2D eigenvalue weighted by molar-refractivity contribution is 14.1. The molecule has 0 unspecified atom stereocenters. The van der Waals surface area contributed by atoms with Crippen molar-refractivity contribution in [1.29, 1.82) is 0 Å². The minimum Gasteiger partial charge on any atom is -0.269 e. The average Bonchev–Trinajstić information content (AvgIpc) is 2.26. The molecule has 0 aromatic heterocycles. The van der Waals surface area contributed by atoms with Crippen molar-refractivity contribution in [1.82, 2.24) is 4.90 Å². The molecule has 0 aromatic carbocycles. The number of nitrogens with zero attached hydrogens (tertiary/aromatic N) is 1. The fraction of sp³-hybridized carbons (Fsp3) is 0.333. The molecule has 0 bridgehead atoms. The first-order chi connectivity index (χ1) is 5.20. The Morgan fingerprint density at radius 3 is 2.55 bits per heavy atom. The lowest BCUT2D eigenvalue weighted by molar-refractivity contribution is -0.135. The van der Waals surface area contributed by atoms with E-state index in [9.17, 15) is 9.59 Å². The third-order valence-electron chi connectivity index (χ3n) is 1.32. The fourth-order valence-corrected chi connectivity index (χ4v) is 1.89. The van der Waals surface area contributed by atoms with Crippen LogP contribution in [0.2, 0.25) is 0 Å². The lowest BCUT2D eigenvalue weighted by Crippen LogP contribution is -2.28. The van der Waals surface area contributed by atoms with E-state index in [1.54, 1.807) is 6.26 Å². The highest BCUT2D eigenvalue weighted by Gasteiger charge is 2.29. The van der Waals surface area contributed by atoms with Crippen LogP contribution in [0.15, 0.2) is 11.0 Å². The van der Waals surface area contributed by atoms with Crippen LogP contribution < -0.4 is 0 Å². The van der Waals surface area contributed by atoms with Gasteiger partial charge < -0.3 is 0 Å². The Bertz CT molecular complexity index is 239. The molecule has 0 saturated carbocycles. The summed E-state index contributed by atoms with van der Waals surface area (Å²) in [7, 11) is 0. The van der Waals surface area contributed by atoms with E-state index in [1.807, 2.05) is 22.6 Å². The van der Waals surface area contributed by atoms with E-state index < -0.39 is 0 Å². The van der Waals surface area contributed by atoms with Gasteiger partial charge in [-0.05, 0) is 6.26 Å². The predicted molar refractivity (Wildman–Crippen MR) is 52.3 cm³/mol. The summed E-state index contributed by atoms with van der Waals surface area (Å²) in [6.07, 6.45) is 3.17. The Labute approximate surface area is 82.3 Å². The SMILES string of the molecule is CSC1=CC(=O)N(C[125I])C1=O. The molecule has 0 fully saturated rings. The molecule has 0 saturated heterocycles. The van der Waals surface area contributed by atoms with E-state index in [0.29, 0.717) is 9.46 Å². The van der Waals surface area contributed by atoms with Crippen molar-refractivity contribution in [2.45, 2.75) is 0 Å². The topological polar surface area (TPSA) is 37.4 Å². The van der Waals surface area contributed by atoms with Crippen LogP contribution in [0.1, 0.15) is 0 Å². The second-order valence-corrected chi connectivity index (χ2v) is 3.43. The second kappa shape index (κ2) is 3.57. The minimum absolute atomic E-state index is 0.170. The molecule has 1 aliphatic heterocycles. The summed E-state index contributed by atoms with van der Waals surface area (Å²) < 4.78 is 0.427. The second-order valence-electron chi connectivity index (χ2n) is 1.90. The van der Waals surface area contributed by atoms with E-state index in [0.717, 1.165) is 0 Å². The number of thioether (sulfide) groups is 1. The number of halogens is 1. The van der Waals surface area contributed by atoms with Gasteiger partial charge in [-0.25, -0.2) is 0 Å². The Kier molecular flexibility index (Phi) is 2.94. The molecular weight excluding hydrogens is 275 g/mol. The Morgan fingerprint density at radius 1 is 1.64 bits per heavy atom. The predicted octanol–water partition coefficient (Wildman–Crippen LogP) is 0.995. The van der Waals surface area contributed by atoms with Gasteiger partial charge in [0.1, 0.15) is 0 Å². The molecule has 1 heterocycles. The summed E-state index contributed by atoms with van der Waals surface area (Å²) >= 11 is 3.30. The zero-order valence-electron chi connectivity index (χ0n) is 5.83. The zero-order valence-corrected chi connectivity index (χ0v) is 8.81. The number of carbonyl (C=O) groups excluding carboxylic acids is 2. The summed E-state index contributed by atoms with van der Waals surface area (Å²) in [5.41, 5.74) is 0. The summed E-state index contributed by atoms with van der Waals surface area (Å²) in [6, 6.07) is 0. The van der Waals surface area contributed by atoms with E-state index in [-0.39, 0.29) is 11.8 Å². The normalized spacial score (nSPS) is 17.6. The maximum Gasteiger partial charge on any atom is 0.268 e. The van der Waals surface area contributed by atoms with Crippen LogP contribution in [-0.2, 0) is 9.59 Å². The van der Waals surface area contributed by atoms with Crippen LogP contribution in [-0.4, -0.2) is 27.5 Å². The average molecular weight is 281 g/mol. The smallest absolute Gasteiger partial charge is 0.268 e. The first-order valence-corrected chi connectivity index (χ1v) is 5.63. The van der Waals surface area contributed by atoms with Crippen molar-refractivity contribution in [3.8, 4) is 0 Å². The molecular formula is C6H6INO2S. The van der Waals surface area contributed by atoms with Crippen molar-refractivity contribution in [3.05, 3.63) is 11.0 Å². The van der Waals surface area contributed by atoms with E-state index in [1.165, 1.54) is 22.7 Å². The molecule has 0 atom stereocenters. The van der Waals surface area contributed by atoms with Crippen molar-refractivity contribution < 1.29 is 9.59 Å². The Morgan fingerprint density at radius 2 is 2.27 bits per heavy atom. The van der Waals surface area contributed by atoms with E-state index >= 15 is 0 Å². The van der Waals surface area contributed by atoms with Crippen molar-refractivity contribution in [3.63, 3.8) is 0 Å². The van der Waals surface area contributed by atoms with Crippen LogP contribution >= 0.6 is 34.4 Å². The number of hydrogen-bond donors (Lipinski definition) is 0. The third-order valence-corrected chi connectivity index (χ3v) is 2.73. The molecule has 0 radical (unpaired) electrons. The minimum atomic E-state index is -0.200. The van der Waals surface area contributed by atoms with Gasteiger partial charge in [-0.3, -0.25) is 14.5 Å². The van der Waals surface area contributed by atoms with Gasteiger partial charge in [0, 0.05) is 6.08 Å². The lowest BCUT2D eigenvalue weighted by atomic mass is 10.5. The van der Waals surface area contributed by atoms with Crippen molar-refractivity contribution in [2.24, 2.45) is 0 Å². The lowest BCUT2D eigenvalue weighted by Gasteiger charge is -2.08. The largest absolute Gasteiger partial charge is 0.269 e. The van der Waals surface area contributed by atoms with Gasteiger partial charge in [-0.1, -0.05) is 22.6 Å². The van der Waals surface area contributed by atoms with Gasteiger partial charge in [0.15, 0.2) is 0 Å². The van der Waals surface area contributed by atoms with Crippen LogP contribution in [0.5, 0.6) is 0 Å². The Balaban J connectivity index is 2.84. The third kappa shape index (κ3) is 1.58. The molecule has 2 amide bonds. The van der Waals surface area contributed by atoms with Gasteiger partial charge in [0.05, 0.1) is 9.46 Å². The molecule has 0 aromatic rings. The van der Waals surface area contributed by atoms with Gasteiger partial charge in [-0.15, -0.1) is 11.8 Å². The molecule has 1 rings (SSSR count). The summed E-state index contributed by atoms with van der Waals surface area (Å²) in [5.74, 6) is -0.370. The number of amides is 2. The van der Waals surface area contributed by atoms with E-state index in [2.05, 4.69) is 0 Å². The number of rotatable bonds is 2. The highest BCUT2D eigenvalue weighted by Crippen LogP contribution is 2.21.